The van der Waals surface area contributed by atoms with E-state index < -0.39 is 0 Å². The van der Waals surface area contributed by atoms with Gasteiger partial charge in [-0.1, -0.05) is 12.8 Å². The molecule has 2 aliphatic rings. The summed E-state index contributed by atoms with van der Waals surface area (Å²) in [5.74, 6) is 7.72. The fourth-order valence-corrected chi connectivity index (χ4v) is 3.02. The lowest BCUT2D eigenvalue weighted by Gasteiger charge is -2.18. The van der Waals surface area contributed by atoms with Crippen LogP contribution < -0.4 is 16.2 Å². The van der Waals surface area contributed by atoms with E-state index in [0.717, 1.165) is 30.5 Å². The number of anilines is 2. The number of hydrazine groups is 1. The fourth-order valence-electron chi connectivity index (χ4n) is 3.02. The molecule has 1 aromatic heterocycles. The molecule has 1 aliphatic heterocycles. The molecule has 0 amide bonds. The van der Waals surface area contributed by atoms with Crippen LogP contribution in [0.3, 0.4) is 0 Å². The van der Waals surface area contributed by atoms with Crippen LogP contribution in [0.5, 0.6) is 0 Å². The van der Waals surface area contributed by atoms with Gasteiger partial charge in [-0.2, -0.15) is 4.98 Å². The molecule has 0 unspecified atom stereocenters. The van der Waals surface area contributed by atoms with Gasteiger partial charge in [0.2, 0.25) is 5.95 Å². The van der Waals surface area contributed by atoms with Crippen LogP contribution in [0, 0.1) is 0 Å². The minimum absolute atomic E-state index is 0.599. The average molecular weight is 247 g/mol. The standard InChI is InChI=1S/C13H21N5/c14-17-12-9-11(10-5-1-2-6-10)15-13(16-12)18-7-3-4-8-18/h9-10H,1-8,14H2,(H,15,16,17). The molecule has 0 spiro atoms. The molecule has 2 fully saturated rings. The molecule has 0 aromatic carbocycles. The highest BCUT2D eigenvalue weighted by atomic mass is 15.3. The van der Waals surface area contributed by atoms with E-state index >= 15 is 0 Å². The van der Waals surface area contributed by atoms with Crippen molar-refractivity contribution in [2.24, 2.45) is 5.84 Å². The largest absolute Gasteiger partial charge is 0.341 e. The summed E-state index contributed by atoms with van der Waals surface area (Å²) in [5.41, 5.74) is 3.84. The molecule has 0 radical (unpaired) electrons. The molecule has 5 nitrogen and oxygen atoms in total. The highest BCUT2D eigenvalue weighted by molar-refractivity contribution is 5.44. The molecule has 0 atom stereocenters. The Morgan fingerprint density at radius 3 is 2.50 bits per heavy atom. The Balaban J connectivity index is 1.90. The van der Waals surface area contributed by atoms with Crippen LogP contribution in [0.15, 0.2) is 6.07 Å². The summed E-state index contributed by atoms with van der Waals surface area (Å²) in [6.45, 7) is 2.14. The number of hydrogen-bond donors (Lipinski definition) is 2. The number of aromatic nitrogens is 2. The number of nitrogens with two attached hydrogens (primary N) is 1. The zero-order valence-electron chi connectivity index (χ0n) is 10.7. The van der Waals surface area contributed by atoms with Crippen LogP contribution >= 0.6 is 0 Å². The molecule has 5 heteroatoms. The lowest BCUT2D eigenvalue weighted by Crippen LogP contribution is -2.22. The van der Waals surface area contributed by atoms with Gasteiger partial charge < -0.3 is 10.3 Å². The molecule has 1 saturated heterocycles. The topological polar surface area (TPSA) is 67.1 Å². The highest BCUT2D eigenvalue weighted by Crippen LogP contribution is 2.34. The minimum Gasteiger partial charge on any atom is -0.341 e. The van der Waals surface area contributed by atoms with Gasteiger partial charge in [0.15, 0.2) is 0 Å². The van der Waals surface area contributed by atoms with Gasteiger partial charge in [-0.3, -0.25) is 0 Å². The number of nitrogens with zero attached hydrogens (tertiary/aromatic N) is 3. The smallest absolute Gasteiger partial charge is 0.227 e. The van der Waals surface area contributed by atoms with Crippen molar-refractivity contribution in [2.75, 3.05) is 23.4 Å². The summed E-state index contributed by atoms with van der Waals surface area (Å²) in [7, 11) is 0. The number of nitrogens with one attached hydrogen (secondary N) is 1. The predicted molar refractivity (Wildman–Crippen MR) is 72.5 cm³/mol. The van der Waals surface area contributed by atoms with Gasteiger partial charge in [0.05, 0.1) is 5.69 Å². The second-order valence-electron chi connectivity index (χ2n) is 5.30. The summed E-state index contributed by atoms with van der Waals surface area (Å²) in [6.07, 6.45) is 7.62. The van der Waals surface area contributed by atoms with E-state index in [4.69, 9.17) is 10.8 Å². The zero-order chi connectivity index (χ0) is 12.4. The van der Waals surface area contributed by atoms with Crippen LogP contribution in [-0.4, -0.2) is 23.1 Å². The van der Waals surface area contributed by atoms with E-state index in [1.807, 2.05) is 6.07 Å². The first-order valence-corrected chi connectivity index (χ1v) is 6.97. The third kappa shape index (κ3) is 2.27. The van der Waals surface area contributed by atoms with E-state index in [2.05, 4.69) is 15.3 Å². The Morgan fingerprint density at radius 2 is 1.83 bits per heavy atom. The lowest BCUT2D eigenvalue weighted by molar-refractivity contribution is 0.690. The maximum atomic E-state index is 5.53. The summed E-state index contributed by atoms with van der Waals surface area (Å²) in [4.78, 5) is 11.5. The van der Waals surface area contributed by atoms with Crippen molar-refractivity contribution in [3.05, 3.63) is 11.8 Å². The van der Waals surface area contributed by atoms with E-state index in [1.165, 1.54) is 38.5 Å². The molecule has 2 heterocycles. The van der Waals surface area contributed by atoms with Crippen molar-refractivity contribution < 1.29 is 0 Å². The number of rotatable bonds is 3. The van der Waals surface area contributed by atoms with Crippen molar-refractivity contribution in [3.63, 3.8) is 0 Å². The SMILES string of the molecule is NNc1cc(C2CCCC2)nc(N2CCCC2)n1. The Labute approximate surface area is 108 Å². The molecule has 1 aromatic rings. The van der Waals surface area contributed by atoms with Gasteiger partial charge in [-0.05, 0) is 25.7 Å². The van der Waals surface area contributed by atoms with E-state index in [1.54, 1.807) is 0 Å². The van der Waals surface area contributed by atoms with Gasteiger partial charge in [-0.25, -0.2) is 10.8 Å². The summed E-state index contributed by atoms with van der Waals surface area (Å²) in [6, 6.07) is 2.01. The molecular weight excluding hydrogens is 226 g/mol. The second-order valence-corrected chi connectivity index (χ2v) is 5.30. The van der Waals surface area contributed by atoms with Gasteiger partial charge in [-0.15, -0.1) is 0 Å². The van der Waals surface area contributed by atoms with Crippen LogP contribution in [-0.2, 0) is 0 Å². The third-order valence-corrected chi connectivity index (χ3v) is 4.04. The molecule has 1 aliphatic carbocycles. The van der Waals surface area contributed by atoms with E-state index in [9.17, 15) is 0 Å². The Kier molecular flexibility index (Phi) is 3.32. The third-order valence-electron chi connectivity index (χ3n) is 4.04. The molecular formula is C13H21N5. The van der Waals surface area contributed by atoms with Crippen molar-refractivity contribution in [2.45, 2.75) is 44.4 Å². The number of hydrogen-bond acceptors (Lipinski definition) is 5. The first-order valence-electron chi connectivity index (χ1n) is 6.97. The van der Waals surface area contributed by atoms with Crippen LogP contribution in [0.1, 0.15) is 50.1 Å². The Bertz CT molecular complexity index is 374. The average Bonchev–Trinajstić information content (AvgIpc) is 3.10. The molecule has 3 N–H and O–H groups in total. The summed E-state index contributed by atoms with van der Waals surface area (Å²) >= 11 is 0. The van der Waals surface area contributed by atoms with Crippen molar-refractivity contribution >= 4 is 11.8 Å². The molecule has 18 heavy (non-hydrogen) atoms. The first kappa shape index (κ1) is 11.7. The molecule has 0 bridgehead atoms. The maximum Gasteiger partial charge on any atom is 0.227 e. The number of nitrogen functional groups attached to an aromatic ring is 1. The van der Waals surface area contributed by atoms with Crippen LogP contribution in [0.25, 0.3) is 0 Å². The van der Waals surface area contributed by atoms with Crippen molar-refractivity contribution in [3.8, 4) is 0 Å². The van der Waals surface area contributed by atoms with Gasteiger partial charge >= 0.3 is 0 Å². The quantitative estimate of drug-likeness (QED) is 0.632. The van der Waals surface area contributed by atoms with Crippen LogP contribution in [0.4, 0.5) is 11.8 Å². The normalized spacial score (nSPS) is 20.6. The van der Waals surface area contributed by atoms with Gasteiger partial charge in [0, 0.05) is 25.1 Å². The Morgan fingerprint density at radius 1 is 1.11 bits per heavy atom. The van der Waals surface area contributed by atoms with Gasteiger partial charge in [0.1, 0.15) is 5.82 Å². The van der Waals surface area contributed by atoms with Crippen molar-refractivity contribution in [1.29, 1.82) is 0 Å². The summed E-state index contributed by atoms with van der Waals surface area (Å²) in [5, 5.41) is 0. The summed E-state index contributed by atoms with van der Waals surface area (Å²) < 4.78 is 0. The van der Waals surface area contributed by atoms with E-state index in [0.29, 0.717) is 5.92 Å². The Hall–Kier alpha value is -1.36. The monoisotopic (exact) mass is 247 g/mol. The molecule has 98 valence electrons. The molecule has 3 rings (SSSR count). The predicted octanol–water partition coefficient (Wildman–Crippen LogP) is 2.02. The molecule has 1 saturated carbocycles. The van der Waals surface area contributed by atoms with Crippen molar-refractivity contribution in [1.82, 2.24) is 9.97 Å². The lowest BCUT2D eigenvalue weighted by atomic mass is 10.0. The second kappa shape index (κ2) is 5.10. The first-order chi connectivity index (χ1) is 8.86. The van der Waals surface area contributed by atoms with Crippen LogP contribution in [0.2, 0.25) is 0 Å². The minimum atomic E-state index is 0.599. The fraction of sp³-hybridized carbons (Fsp3) is 0.692. The zero-order valence-corrected chi connectivity index (χ0v) is 10.7. The maximum absolute atomic E-state index is 5.53. The van der Waals surface area contributed by atoms with Gasteiger partial charge in [0.25, 0.3) is 0 Å². The highest BCUT2D eigenvalue weighted by Gasteiger charge is 2.22. The van der Waals surface area contributed by atoms with E-state index in [-0.39, 0.29) is 0 Å².